The zero-order valence-electron chi connectivity index (χ0n) is 69.3. The first-order chi connectivity index (χ1) is 58.6. The third kappa shape index (κ3) is 28.3. The number of fused-ring (bicyclic) bond motifs is 6. The van der Waals surface area contributed by atoms with Gasteiger partial charge in [-0.1, -0.05) is 190 Å². The van der Waals surface area contributed by atoms with Gasteiger partial charge in [-0.3, -0.25) is 9.54 Å². The van der Waals surface area contributed by atoms with Gasteiger partial charge in [-0.15, -0.1) is 167 Å². The van der Waals surface area contributed by atoms with Gasteiger partial charge < -0.3 is 49.4 Å². The van der Waals surface area contributed by atoms with Gasteiger partial charge in [0.25, 0.3) is 0 Å². The summed E-state index contributed by atoms with van der Waals surface area (Å²) in [4.78, 5) is 26.4. The van der Waals surface area contributed by atoms with E-state index in [9.17, 15) is 13.2 Å². The van der Waals surface area contributed by atoms with Crippen LogP contribution in [-0.4, -0.2) is 110 Å². The largest absolute Gasteiger partial charge is 3.00 e. The van der Waals surface area contributed by atoms with Crippen molar-refractivity contribution in [2.24, 2.45) is 0 Å². The summed E-state index contributed by atoms with van der Waals surface area (Å²) in [6, 6.07) is 129. The molecule has 18 rings (SSSR count). The molecule has 8 heterocycles. The molecule has 10 aromatic carbocycles. The van der Waals surface area contributed by atoms with Crippen molar-refractivity contribution in [2.45, 2.75) is 51.7 Å². The van der Waals surface area contributed by atoms with Crippen LogP contribution in [0, 0.1) is 30.3 Å². The van der Waals surface area contributed by atoms with E-state index in [0.717, 1.165) is 87.5 Å². The number of para-hydroxylation sites is 4. The number of hydrogen-bond acceptors (Lipinski definition) is 11. The number of halogens is 3. The fraction of sp³-hybridized carbons (Fsp3) is 0.109. The first kappa shape index (κ1) is 98.1. The molecule has 0 aliphatic rings. The molecule has 0 aliphatic heterocycles. The summed E-state index contributed by atoms with van der Waals surface area (Å²) in [6.07, 6.45) is 11.3. The molecule has 4 N–H and O–H groups in total. The maximum atomic E-state index is 10.7. The van der Waals surface area contributed by atoms with Crippen molar-refractivity contribution < 1.29 is 81.7 Å². The molecule has 14 nitrogen and oxygen atoms in total. The minimum atomic E-state index is -5.84. The summed E-state index contributed by atoms with van der Waals surface area (Å²) in [7, 11) is -6.52. The summed E-state index contributed by atoms with van der Waals surface area (Å²) in [6.45, 7) is 16.0. The van der Waals surface area contributed by atoms with Gasteiger partial charge in [-0.05, 0) is 136 Å². The Balaban J connectivity index is 0.000000204. The van der Waals surface area contributed by atoms with Gasteiger partial charge in [0.15, 0.2) is 0 Å². The average molecular weight is 2050 g/mol. The fourth-order valence-electron chi connectivity index (χ4n) is 12.2. The molecule has 0 atom stereocenters. The van der Waals surface area contributed by atoms with Crippen molar-refractivity contribution in [3.63, 3.8) is 0 Å². The Morgan fingerprint density at radius 3 is 0.959 bits per heavy atom. The number of aliphatic hydroxyl groups is 3. The molecule has 8 aromatic heterocycles. The van der Waals surface area contributed by atoms with Crippen LogP contribution in [0.15, 0.2) is 371 Å². The monoisotopic (exact) mass is 2050 g/mol. The molecular formula is C101H94F3Ir2N8O6SSi2-2. The topological polar surface area (TPSA) is 202 Å². The summed E-state index contributed by atoms with van der Waals surface area (Å²) >= 11 is 0. The summed E-state index contributed by atoms with van der Waals surface area (Å²) in [5.74, 6) is 0. The van der Waals surface area contributed by atoms with Gasteiger partial charge in [0.1, 0.15) is 0 Å². The Bertz CT molecular complexity index is 5530. The molecular weight excluding hydrogens is 1950 g/mol. The molecule has 0 bridgehead atoms. The van der Waals surface area contributed by atoms with Crippen LogP contribution in [0.4, 0.5) is 13.2 Å². The molecule has 18 aromatic rings. The molecule has 0 saturated carbocycles. The van der Waals surface area contributed by atoms with Crippen LogP contribution >= 0.6 is 0 Å². The van der Waals surface area contributed by atoms with Crippen LogP contribution in [0.5, 0.6) is 0 Å². The summed E-state index contributed by atoms with van der Waals surface area (Å²) in [5.41, 5.74) is 13.9. The Morgan fingerprint density at radius 1 is 0.350 bits per heavy atom. The van der Waals surface area contributed by atoms with E-state index < -0.39 is 31.8 Å². The number of alkyl halides is 3. The van der Waals surface area contributed by atoms with Crippen LogP contribution in [-0.2, 0) is 50.3 Å². The molecule has 0 saturated heterocycles. The van der Waals surface area contributed by atoms with Gasteiger partial charge in [-0.2, -0.15) is 21.6 Å². The number of benzene rings is 10. The average Bonchev–Trinajstić information content (AvgIpc) is 1.60. The van der Waals surface area contributed by atoms with E-state index in [-0.39, 0.29) is 46.8 Å². The number of hydrogen-bond donors (Lipinski definition) is 4. The van der Waals surface area contributed by atoms with Crippen LogP contribution in [0.2, 0.25) is 39.3 Å². The number of aromatic nitrogens is 8. The quantitative estimate of drug-likeness (QED) is 0.0437. The molecule has 1 radical (unpaired) electrons. The van der Waals surface area contributed by atoms with E-state index in [0.29, 0.717) is 0 Å². The van der Waals surface area contributed by atoms with Gasteiger partial charge in [0.2, 0.25) is 0 Å². The Morgan fingerprint density at radius 2 is 0.650 bits per heavy atom. The molecule has 22 heteroatoms. The van der Waals surface area contributed by atoms with E-state index in [4.69, 9.17) is 38.3 Å². The molecule has 0 fully saturated rings. The smallest absolute Gasteiger partial charge is 0.400 e. The van der Waals surface area contributed by atoms with Crippen molar-refractivity contribution in [1.82, 2.24) is 39.0 Å². The Hall–Kier alpha value is -12.0. The second-order valence-corrected chi connectivity index (χ2v) is 39.9. The second kappa shape index (κ2) is 49.2. The van der Waals surface area contributed by atoms with E-state index in [1.54, 1.807) is 31.7 Å². The van der Waals surface area contributed by atoms with E-state index in [1.807, 2.05) is 176 Å². The molecule has 123 heavy (non-hydrogen) atoms. The number of nitrogens with zero attached hydrogens (tertiary/aromatic N) is 8. The molecule has 0 unspecified atom stereocenters. The van der Waals surface area contributed by atoms with Crippen LogP contribution in [0.1, 0.15) is 6.92 Å². The summed E-state index contributed by atoms with van der Waals surface area (Å²) in [5, 5.41) is 29.4. The Labute approximate surface area is 747 Å². The fourth-order valence-corrected chi connectivity index (χ4v) is 14.3. The third-order valence-corrected chi connectivity index (χ3v) is 22.7. The Kier molecular flexibility index (Phi) is 39.2. The van der Waals surface area contributed by atoms with Crippen molar-refractivity contribution in [1.29, 1.82) is 0 Å². The maximum Gasteiger partial charge on any atom is 3.00 e. The van der Waals surface area contributed by atoms with Gasteiger partial charge in [0, 0.05) is 111 Å². The molecule has 629 valence electrons. The predicted molar refractivity (Wildman–Crippen MR) is 494 cm³/mol. The van der Waals surface area contributed by atoms with Crippen molar-refractivity contribution >= 4 is 80.3 Å². The van der Waals surface area contributed by atoms with Crippen molar-refractivity contribution in [3.05, 3.63) is 401 Å². The van der Waals surface area contributed by atoms with Crippen molar-refractivity contribution in [2.75, 3.05) is 20.8 Å². The van der Waals surface area contributed by atoms with Gasteiger partial charge >= 0.3 is 35.7 Å². The van der Waals surface area contributed by atoms with Crippen LogP contribution in [0.25, 0.3) is 123 Å². The SMILES string of the molecule is CCO.CO.CO.C[Si](C)(C)c1ccc(-c2[c-]cc3c(c2)c2ccccc2n3-c2ccccc2)nc1.C[Si](C)(C)c1ccc(-c2ccc3c(c2)c2ccccc2n3-c2ccccc2)nc1.O=S(=O)(O)C(F)(F)F.[Ir+3].[Ir].[c-]1ccccc1-c1ccccn1.[c-]1ccccc1-c1ccccn1.[c-]1ccccc1-c1ccccn1.[c-]1ccccc1-c1ccccn1. The summed E-state index contributed by atoms with van der Waals surface area (Å²) < 4.78 is 62.2. The third-order valence-electron chi connectivity index (χ3n) is 18.0. The zero-order chi connectivity index (χ0) is 86.6. The number of aliphatic hydroxyl groups excluding tert-OH is 3. The second-order valence-electron chi connectivity index (χ2n) is 28.3. The minimum Gasteiger partial charge on any atom is -0.400 e. The molecule has 0 aliphatic carbocycles. The first-order valence-corrected chi connectivity index (χ1v) is 47.1. The molecule has 0 amide bonds. The standard InChI is InChI=1S/C26H24N2Si.C26H23N2Si.4C11H8N.C2H6O.CHF3O3S.2CH4O.2Ir/c2*1-29(2,3)21-14-15-24(27-18-21)19-13-16-26-23(17-19)22-11-7-8-12-25(22)28(26)20-9-5-4-6-10-20;4*1-2-6-10(7-3-1)11-8-4-5-9-12-11;1-2-3;2-1(3,4)8(5,6)7;2*1-2;;/h4-18H,1-3H3;4-12,14-18H,1-3H3;4*1-6,8-9H;3H,2H2,1H3;(H,5,6,7);2*2H,1H3;;/q;5*-1;;;;;;+3. The molecule has 0 spiro atoms. The van der Waals surface area contributed by atoms with E-state index in [2.05, 4.69) is 269 Å². The maximum absolute atomic E-state index is 10.7. The normalized spacial score (nSPS) is 10.6. The van der Waals surface area contributed by atoms with Gasteiger partial charge in [-0.25, -0.2) is 0 Å². The van der Waals surface area contributed by atoms with Crippen LogP contribution in [0.3, 0.4) is 0 Å². The first-order valence-electron chi connectivity index (χ1n) is 38.7. The number of rotatable bonds is 10. The minimum absolute atomic E-state index is 0. The van der Waals surface area contributed by atoms with Gasteiger partial charge in [0.05, 0.1) is 32.9 Å². The zero-order valence-corrected chi connectivity index (χ0v) is 76.9. The number of pyridine rings is 6. The van der Waals surface area contributed by atoms with Crippen molar-refractivity contribution in [3.8, 4) is 78.9 Å². The van der Waals surface area contributed by atoms with Crippen LogP contribution < -0.4 is 10.4 Å². The van der Waals surface area contributed by atoms with E-state index >= 15 is 0 Å². The van der Waals surface area contributed by atoms with E-state index in [1.165, 1.54) is 59.7 Å². The predicted octanol–water partition coefficient (Wildman–Crippen LogP) is 22.4.